The molecule has 0 saturated carbocycles. The van der Waals surface area contributed by atoms with Crippen LogP contribution in [0.4, 0.5) is 4.79 Å². The van der Waals surface area contributed by atoms with E-state index in [1.54, 1.807) is 20.3 Å². The monoisotopic (exact) mass is 419 g/mol. The predicted molar refractivity (Wildman–Crippen MR) is 118 cm³/mol. The third kappa shape index (κ3) is 6.16. The van der Waals surface area contributed by atoms with Gasteiger partial charge in [0, 0.05) is 12.6 Å². The molecule has 1 aliphatic rings. The number of amides is 1. The SMILES string of the molecule is COc1cc(C=C(CNC(=O)OC(C)(C)C)B2OC(C)(C)C(C)(C)O2)cc(OC)c1. The molecule has 1 N–H and O–H groups in total. The van der Waals surface area contributed by atoms with Crippen molar-refractivity contribution in [3.8, 4) is 11.5 Å². The summed E-state index contributed by atoms with van der Waals surface area (Å²) in [7, 11) is 2.57. The molecule has 0 atom stereocenters. The highest BCUT2D eigenvalue weighted by molar-refractivity contribution is 6.56. The lowest BCUT2D eigenvalue weighted by Crippen LogP contribution is -2.41. The van der Waals surface area contributed by atoms with Crippen molar-refractivity contribution in [3.05, 3.63) is 29.2 Å². The van der Waals surface area contributed by atoms with Gasteiger partial charge < -0.3 is 28.8 Å². The average molecular weight is 419 g/mol. The highest BCUT2D eigenvalue weighted by Gasteiger charge is 2.52. The molecule has 0 radical (unpaired) electrons. The maximum absolute atomic E-state index is 12.2. The Balaban J connectivity index is 2.34. The zero-order valence-electron chi connectivity index (χ0n) is 19.5. The van der Waals surface area contributed by atoms with Gasteiger partial charge in [0.15, 0.2) is 0 Å². The number of hydrogen-bond acceptors (Lipinski definition) is 6. The van der Waals surface area contributed by atoms with Gasteiger partial charge in [-0.15, -0.1) is 0 Å². The number of carbonyl (C=O) groups excluding carboxylic acids is 1. The van der Waals surface area contributed by atoms with Crippen LogP contribution in [-0.2, 0) is 14.0 Å². The molecular weight excluding hydrogens is 385 g/mol. The molecule has 0 aromatic heterocycles. The Labute approximate surface area is 180 Å². The summed E-state index contributed by atoms with van der Waals surface area (Å²) < 4.78 is 28.5. The van der Waals surface area contributed by atoms with E-state index in [9.17, 15) is 4.79 Å². The van der Waals surface area contributed by atoms with Crippen LogP contribution in [0.3, 0.4) is 0 Å². The molecule has 7 nitrogen and oxygen atoms in total. The van der Waals surface area contributed by atoms with Crippen LogP contribution in [0.2, 0.25) is 0 Å². The molecule has 0 unspecified atom stereocenters. The smallest absolute Gasteiger partial charge is 0.492 e. The number of alkyl carbamates (subject to hydrolysis) is 1. The van der Waals surface area contributed by atoms with Crippen molar-refractivity contribution >= 4 is 19.3 Å². The van der Waals surface area contributed by atoms with Crippen LogP contribution in [0.5, 0.6) is 11.5 Å². The Bertz CT molecular complexity index is 759. The Hall–Kier alpha value is -2.19. The van der Waals surface area contributed by atoms with Crippen molar-refractivity contribution in [3.63, 3.8) is 0 Å². The van der Waals surface area contributed by atoms with Crippen molar-refractivity contribution in [1.82, 2.24) is 5.32 Å². The molecule has 1 aliphatic heterocycles. The minimum atomic E-state index is -0.623. The first-order valence-corrected chi connectivity index (χ1v) is 10.0. The Morgan fingerprint density at radius 2 is 1.53 bits per heavy atom. The van der Waals surface area contributed by atoms with E-state index >= 15 is 0 Å². The normalized spacial score (nSPS) is 18.2. The number of nitrogens with one attached hydrogen (secondary N) is 1. The minimum Gasteiger partial charge on any atom is -0.497 e. The van der Waals surface area contributed by atoms with Gasteiger partial charge in [0.05, 0.1) is 25.4 Å². The molecule has 1 heterocycles. The fourth-order valence-corrected chi connectivity index (χ4v) is 2.81. The van der Waals surface area contributed by atoms with E-state index in [1.165, 1.54) is 0 Å². The molecule has 0 spiro atoms. The standard InChI is InChI=1S/C22H34BNO6/c1-20(2,3)28-19(25)24-14-16(23-29-21(4,5)22(6,7)30-23)10-15-11-17(26-8)13-18(12-15)27-9/h10-13H,14H2,1-9H3,(H,24,25). The summed E-state index contributed by atoms with van der Waals surface area (Å²) in [5, 5.41) is 2.80. The van der Waals surface area contributed by atoms with Crippen molar-refractivity contribution in [1.29, 1.82) is 0 Å². The zero-order chi connectivity index (χ0) is 22.7. The maximum Gasteiger partial charge on any atom is 0.492 e. The Kier molecular flexibility index (Phi) is 7.14. The van der Waals surface area contributed by atoms with E-state index in [1.807, 2.05) is 66.7 Å². The summed E-state index contributed by atoms with van der Waals surface area (Å²) in [5.74, 6) is 1.32. The molecule has 1 aromatic carbocycles. The van der Waals surface area contributed by atoms with Gasteiger partial charge in [-0.2, -0.15) is 0 Å². The van der Waals surface area contributed by atoms with Gasteiger partial charge >= 0.3 is 13.2 Å². The van der Waals surface area contributed by atoms with E-state index in [4.69, 9.17) is 23.5 Å². The van der Waals surface area contributed by atoms with Crippen LogP contribution < -0.4 is 14.8 Å². The molecular formula is C22H34BNO6. The number of methoxy groups -OCH3 is 2. The van der Waals surface area contributed by atoms with E-state index in [0.29, 0.717) is 11.5 Å². The van der Waals surface area contributed by atoms with Gasteiger partial charge in [0.25, 0.3) is 0 Å². The Morgan fingerprint density at radius 3 is 1.97 bits per heavy atom. The van der Waals surface area contributed by atoms with Crippen LogP contribution in [0.15, 0.2) is 23.7 Å². The topological polar surface area (TPSA) is 75.3 Å². The molecule has 1 aromatic rings. The highest BCUT2D eigenvalue weighted by atomic mass is 16.7. The number of rotatable bonds is 6. The summed E-state index contributed by atoms with van der Waals surface area (Å²) >= 11 is 0. The van der Waals surface area contributed by atoms with Crippen molar-refractivity contribution in [2.24, 2.45) is 0 Å². The number of ether oxygens (including phenoxy) is 3. The first-order chi connectivity index (χ1) is 13.8. The second kappa shape index (κ2) is 8.90. The minimum absolute atomic E-state index is 0.200. The fraction of sp³-hybridized carbons (Fsp3) is 0.591. The molecule has 166 valence electrons. The third-order valence-corrected chi connectivity index (χ3v) is 5.12. The average Bonchev–Trinajstić information content (AvgIpc) is 2.84. The van der Waals surface area contributed by atoms with Crippen LogP contribution in [0.1, 0.15) is 54.0 Å². The second-order valence-electron chi connectivity index (χ2n) is 9.31. The van der Waals surface area contributed by atoms with Crippen molar-refractivity contribution < 1.29 is 28.3 Å². The van der Waals surface area contributed by atoms with E-state index in [0.717, 1.165) is 11.0 Å². The molecule has 0 aliphatic carbocycles. The van der Waals surface area contributed by atoms with Crippen LogP contribution >= 0.6 is 0 Å². The zero-order valence-corrected chi connectivity index (χ0v) is 19.5. The predicted octanol–water partition coefficient (Wildman–Crippen LogP) is 4.24. The summed E-state index contributed by atoms with van der Waals surface area (Å²) in [6.07, 6.45) is 1.40. The van der Waals surface area contributed by atoms with Gasteiger partial charge in [-0.1, -0.05) is 6.08 Å². The van der Waals surface area contributed by atoms with Crippen molar-refractivity contribution in [2.75, 3.05) is 20.8 Å². The van der Waals surface area contributed by atoms with E-state index < -0.39 is 30.0 Å². The third-order valence-electron chi connectivity index (χ3n) is 5.12. The maximum atomic E-state index is 12.2. The van der Waals surface area contributed by atoms with Crippen LogP contribution in [0, 0.1) is 0 Å². The number of benzene rings is 1. The lowest BCUT2D eigenvalue weighted by molar-refractivity contribution is 0.00578. The van der Waals surface area contributed by atoms with E-state index in [2.05, 4.69) is 5.32 Å². The lowest BCUT2D eigenvalue weighted by atomic mass is 9.77. The van der Waals surface area contributed by atoms with Gasteiger partial charge in [0.2, 0.25) is 0 Å². The second-order valence-corrected chi connectivity index (χ2v) is 9.31. The largest absolute Gasteiger partial charge is 0.497 e. The lowest BCUT2D eigenvalue weighted by Gasteiger charge is -2.32. The molecule has 2 rings (SSSR count). The van der Waals surface area contributed by atoms with Gasteiger partial charge in [-0.3, -0.25) is 0 Å². The quantitative estimate of drug-likeness (QED) is 0.696. The first-order valence-electron chi connectivity index (χ1n) is 10.0. The highest BCUT2D eigenvalue weighted by Crippen LogP contribution is 2.39. The van der Waals surface area contributed by atoms with E-state index in [-0.39, 0.29) is 6.54 Å². The Morgan fingerprint density at radius 1 is 1.03 bits per heavy atom. The number of hydrogen-bond donors (Lipinski definition) is 1. The molecule has 8 heteroatoms. The van der Waals surface area contributed by atoms with Gasteiger partial charge in [-0.05, 0) is 71.6 Å². The summed E-state index contributed by atoms with van der Waals surface area (Å²) in [4.78, 5) is 12.2. The molecule has 1 fully saturated rings. The molecule has 0 bridgehead atoms. The first kappa shape index (κ1) is 24.1. The molecule has 1 saturated heterocycles. The van der Waals surface area contributed by atoms with Crippen LogP contribution in [-0.4, -0.2) is 50.8 Å². The fourth-order valence-electron chi connectivity index (χ4n) is 2.81. The van der Waals surface area contributed by atoms with Gasteiger partial charge in [-0.25, -0.2) is 4.79 Å². The van der Waals surface area contributed by atoms with Crippen LogP contribution in [0.25, 0.3) is 6.08 Å². The van der Waals surface area contributed by atoms with Crippen molar-refractivity contribution in [2.45, 2.75) is 65.3 Å². The van der Waals surface area contributed by atoms with Gasteiger partial charge in [0.1, 0.15) is 17.1 Å². The summed E-state index contributed by atoms with van der Waals surface area (Å²) in [6.45, 7) is 13.6. The summed E-state index contributed by atoms with van der Waals surface area (Å²) in [6, 6.07) is 5.55. The summed E-state index contributed by atoms with van der Waals surface area (Å²) in [5.41, 5.74) is -0.0150. The molecule has 1 amide bonds. The molecule has 30 heavy (non-hydrogen) atoms. The number of carbonyl (C=O) groups is 1.